The maximum Gasteiger partial charge on any atom is 0.303 e. The number of rotatable bonds is 5. The lowest BCUT2D eigenvalue weighted by molar-refractivity contribution is -0.137. The van der Waals surface area contributed by atoms with Crippen molar-refractivity contribution >= 4 is 16.7 Å². The fraction of sp³-hybridized carbons (Fsp3) is 0.214. The molecule has 2 rings (SSSR count). The molecule has 0 saturated carbocycles. The number of hydrogen-bond donors (Lipinski definition) is 1. The number of fused-ring (bicyclic) bond motifs is 1. The molecule has 0 spiro atoms. The number of hydrogen-bond acceptors (Lipinski definition) is 2. The van der Waals surface area contributed by atoms with Gasteiger partial charge in [-0.05, 0) is 28.3 Å². The van der Waals surface area contributed by atoms with Crippen molar-refractivity contribution in [1.29, 1.82) is 0 Å². The average Bonchev–Trinajstić information content (AvgIpc) is 2.42. The lowest BCUT2D eigenvalue weighted by Gasteiger charge is -2.11. The number of carboxylic acids is 1. The van der Waals surface area contributed by atoms with Crippen LogP contribution in [0.2, 0.25) is 0 Å². The molecule has 2 aromatic carbocycles. The van der Waals surface area contributed by atoms with Gasteiger partial charge in [0.15, 0.2) is 0 Å². The highest BCUT2D eigenvalue weighted by molar-refractivity contribution is 5.83. The first-order valence-corrected chi connectivity index (χ1v) is 5.95. The second-order valence-electron chi connectivity index (χ2n) is 4.26. The van der Waals surface area contributed by atoms with Crippen molar-refractivity contribution in [2.45, 2.75) is 18.9 Å². The minimum absolute atomic E-state index is 0.0173. The van der Waals surface area contributed by atoms with Gasteiger partial charge in [0.1, 0.15) is 0 Å². The van der Waals surface area contributed by atoms with Gasteiger partial charge in [-0.2, -0.15) is 0 Å². The van der Waals surface area contributed by atoms with Crippen molar-refractivity contribution in [2.75, 3.05) is 0 Å². The van der Waals surface area contributed by atoms with Crippen LogP contribution in [0, 0.1) is 0 Å². The molecule has 1 unspecified atom stereocenters. The minimum atomic E-state index is -0.890. The van der Waals surface area contributed by atoms with Gasteiger partial charge in [-0.25, -0.2) is 0 Å². The standard InChI is InChI=1S/C14H13N3O2/c15-17-16-13(7-8-14(18)19)12-6-5-10-3-1-2-4-11(10)9-12/h1-6,9,13H,7-8H2,(H,18,19). The van der Waals surface area contributed by atoms with Gasteiger partial charge in [-0.1, -0.05) is 47.6 Å². The van der Waals surface area contributed by atoms with Crippen molar-refractivity contribution in [2.24, 2.45) is 5.11 Å². The van der Waals surface area contributed by atoms with Crippen molar-refractivity contribution in [3.8, 4) is 0 Å². The predicted octanol–water partition coefficient (Wildman–Crippen LogP) is 4.06. The van der Waals surface area contributed by atoms with E-state index in [-0.39, 0.29) is 6.42 Å². The summed E-state index contributed by atoms with van der Waals surface area (Å²) in [6, 6.07) is 13.2. The van der Waals surface area contributed by atoms with Crippen LogP contribution in [0.5, 0.6) is 0 Å². The normalized spacial score (nSPS) is 11.8. The largest absolute Gasteiger partial charge is 0.481 e. The van der Waals surface area contributed by atoms with E-state index in [4.69, 9.17) is 10.6 Å². The minimum Gasteiger partial charge on any atom is -0.481 e. The lowest BCUT2D eigenvalue weighted by Crippen LogP contribution is -2.00. The summed E-state index contributed by atoms with van der Waals surface area (Å²) in [4.78, 5) is 13.4. The van der Waals surface area contributed by atoms with Crippen molar-refractivity contribution in [1.82, 2.24) is 0 Å². The third-order valence-corrected chi connectivity index (χ3v) is 2.98. The Hall–Kier alpha value is -2.52. The maximum atomic E-state index is 10.6. The van der Waals surface area contributed by atoms with Crippen LogP contribution >= 0.6 is 0 Å². The van der Waals surface area contributed by atoms with E-state index in [1.807, 2.05) is 42.5 Å². The number of azide groups is 1. The zero-order chi connectivity index (χ0) is 13.7. The molecule has 0 aliphatic heterocycles. The molecule has 0 aliphatic carbocycles. The summed E-state index contributed by atoms with van der Waals surface area (Å²) in [6.45, 7) is 0. The Morgan fingerprint density at radius 2 is 2.00 bits per heavy atom. The Bertz CT molecular complexity index is 648. The molecule has 2 aromatic rings. The second-order valence-corrected chi connectivity index (χ2v) is 4.26. The van der Waals surface area contributed by atoms with Crippen molar-refractivity contribution < 1.29 is 9.90 Å². The van der Waals surface area contributed by atoms with Gasteiger partial charge >= 0.3 is 5.97 Å². The van der Waals surface area contributed by atoms with Crippen LogP contribution in [-0.2, 0) is 4.79 Å². The first-order chi connectivity index (χ1) is 9.20. The van der Waals surface area contributed by atoms with E-state index >= 15 is 0 Å². The first-order valence-electron chi connectivity index (χ1n) is 5.95. The second kappa shape index (κ2) is 5.89. The molecule has 0 heterocycles. The van der Waals surface area contributed by atoms with Crippen LogP contribution < -0.4 is 0 Å². The highest BCUT2D eigenvalue weighted by Gasteiger charge is 2.12. The molecule has 0 bridgehead atoms. The molecule has 1 N–H and O–H groups in total. The Morgan fingerprint density at radius 1 is 1.26 bits per heavy atom. The highest BCUT2D eigenvalue weighted by atomic mass is 16.4. The molecule has 0 radical (unpaired) electrons. The van der Waals surface area contributed by atoms with Gasteiger partial charge in [0, 0.05) is 11.3 Å². The van der Waals surface area contributed by atoms with Crippen LogP contribution in [0.25, 0.3) is 21.2 Å². The Kier molecular flexibility index (Phi) is 4.00. The van der Waals surface area contributed by atoms with Crippen LogP contribution in [0.4, 0.5) is 0 Å². The molecule has 0 aromatic heterocycles. The van der Waals surface area contributed by atoms with Crippen LogP contribution in [0.1, 0.15) is 24.4 Å². The molecule has 5 nitrogen and oxygen atoms in total. The van der Waals surface area contributed by atoms with E-state index < -0.39 is 12.0 Å². The Labute approximate surface area is 110 Å². The topological polar surface area (TPSA) is 86.1 Å². The van der Waals surface area contributed by atoms with Gasteiger partial charge in [0.2, 0.25) is 0 Å². The van der Waals surface area contributed by atoms with E-state index in [1.54, 1.807) is 0 Å². The third kappa shape index (κ3) is 3.24. The fourth-order valence-corrected chi connectivity index (χ4v) is 2.03. The summed E-state index contributed by atoms with van der Waals surface area (Å²) in [5, 5.41) is 14.6. The fourth-order valence-electron chi connectivity index (χ4n) is 2.03. The molecule has 5 heteroatoms. The third-order valence-electron chi connectivity index (χ3n) is 2.98. The smallest absolute Gasteiger partial charge is 0.303 e. The highest BCUT2D eigenvalue weighted by Crippen LogP contribution is 2.26. The van der Waals surface area contributed by atoms with Gasteiger partial charge in [0.25, 0.3) is 0 Å². The summed E-state index contributed by atoms with van der Waals surface area (Å²) in [7, 11) is 0. The van der Waals surface area contributed by atoms with Crippen LogP contribution in [0.3, 0.4) is 0 Å². The van der Waals surface area contributed by atoms with E-state index in [0.29, 0.717) is 6.42 Å². The zero-order valence-electron chi connectivity index (χ0n) is 10.2. The zero-order valence-corrected chi connectivity index (χ0v) is 10.2. The molecule has 19 heavy (non-hydrogen) atoms. The first kappa shape index (κ1) is 12.9. The summed E-state index contributed by atoms with van der Waals surface area (Å²) in [5.41, 5.74) is 9.43. The summed E-state index contributed by atoms with van der Waals surface area (Å²) >= 11 is 0. The molecule has 0 aliphatic rings. The molecule has 96 valence electrons. The van der Waals surface area contributed by atoms with Gasteiger partial charge in [-0.3, -0.25) is 4.79 Å². The quantitative estimate of drug-likeness (QED) is 0.496. The number of benzene rings is 2. The van der Waals surface area contributed by atoms with Gasteiger partial charge in [0.05, 0.1) is 6.04 Å². The van der Waals surface area contributed by atoms with Gasteiger partial charge in [-0.15, -0.1) is 0 Å². The summed E-state index contributed by atoms with van der Waals surface area (Å²) < 4.78 is 0. The van der Waals surface area contributed by atoms with Crippen LogP contribution in [-0.4, -0.2) is 11.1 Å². The molecular weight excluding hydrogens is 242 g/mol. The number of nitrogens with zero attached hydrogens (tertiary/aromatic N) is 3. The molecular formula is C14H13N3O2. The Balaban J connectivity index is 2.32. The predicted molar refractivity (Wildman–Crippen MR) is 72.7 cm³/mol. The molecule has 0 fully saturated rings. The molecule has 1 atom stereocenters. The van der Waals surface area contributed by atoms with E-state index in [0.717, 1.165) is 16.3 Å². The average molecular weight is 255 g/mol. The Morgan fingerprint density at radius 3 is 2.68 bits per heavy atom. The number of carbonyl (C=O) groups is 1. The van der Waals surface area contributed by atoms with E-state index in [9.17, 15) is 4.79 Å². The van der Waals surface area contributed by atoms with E-state index in [2.05, 4.69) is 10.0 Å². The monoisotopic (exact) mass is 255 g/mol. The summed E-state index contributed by atoms with van der Waals surface area (Å²) in [5.74, 6) is -0.890. The molecule has 0 amide bonds. The maximum absolute atomic E-state index is 10.6. The van der Waals surface area contributed by atoms with Crippen molar-refractivity contribution in [3.05, 3.63) is 58.5 Å². The lowest BCUT2D eigenvalue weighted by atomic mass is 9.99. The summed E-state index contributed by atoms with van der Waals surface area (Å²) in [6.07, 6.45) is 0.286. The van der Waals surface area contributed by atoms with E-state index in [1.165, 1.54) is 0 Å². The number of aliphatic carboxylic acids is 1. The SMILES string of the molecule is [N-]=[N+]=NC(CCC(=O)O)c1ccc2ccccc2c1. The van der Waals surface area contributed by atoms with Crippen molar-refractivity contribution in [3.63, 3.8) is 0 Å². The number of carboxylic acid groups (broad SMARTS) is 1. The van der Waals surface area contributed by atoms with Gasteiger partial charge < -0.3 is 5.11 Å². The van der Waals surface area contributed by atoms with Crippen LogP contribution in [0.15, 0.2) is 47.6 Å². The molecule has 0 saturated heterocycles.